The first-order valence-electron chi connectivity index (χ1n) is 3.91. The average molecular weight is 150 g/mol. The number of nitrogens with zero attached hydrogens (tertiary/aromatic N) is 1. The molecule has 2 nitrogen and oxygen atoms in total. The summed E-state index contributed by atoms with van der Waals surface area (Å²) in [6.07, 6.45) is 8.17. The molecule has 0 saturated carbocycles. The zero-order valence-corrected chi connectivity index (χ0v) is 7.09. The van der Waals surface area contributed by atoms with Crippen molar-refractivity contribution in [2.24, 2.45) is 4.99 Å². The normalized spacial score (nSPS) is 30.4. The molecule has 0 unspecified atom stereocenters. The van der Waals surface area contributed by atoms with Gasteiger partial charge in [-0.3, -0.25) is 0 Å². The van der Waals surface area contributed by atoms with Crippen molar-refractivity contribution in [1.82, 2.24) is 5.32 Å². The maximum absolute atomic E-state index is 4.24. The van der Waals surface area contributed by atoms with Crippen molar-refractivity contribution in [3.05, 3.63) is 23.5 Å². The topological polar surface area (TPSA) is 24.4 Å². The number of aliphatic imine (C=N–C) groups is 1. The van der Waals surface area contributed by atoms with Gasteiger partial charge in [-0.05, 0) is 31.4 Å². The molecule has 0 bridgehead atoms. The smallest absolute Gasteiger partial charge is 0.124 e. The van der Waals surface area contributed by atoms with Gasteiger partial charge < -0.3 is 5.32 Å². The Hall–Kier alpha value is -1.05. The van der Waals surface area contributed by atoms with Gasteiger partial charge in [0.25, 0.3) is 0 Å². The molecule has 0 aromatic rings. The summed E-state index contributed by atoms with van der Waals surface area (Å²) < 4.78 is 0. The van der Waals surface area contributed by atoms with E-state index in [2.05, 4.69) is 23.3 Å². The van der Waals surface area contributed by atoms with E-state index in [0.717, 1.165) is 18.7 Å². The molecule has 0 aliphatic carbocycles. The molecule has 1 heterocycles. The van der Waals surface area contributed by atoms with Crippen LogP contribution in [0, 0.1) is 0 Å². The minimum Gasteiger partial charge on any atom is -0.373 e. The van der Waals surface area contributed by atoms with Gasteiger partial charge in [-0.25, -0.2) is 4.99 Å². The maximum atomic E-state index is 4.24. The summed E-state index contributed by atoms with van der Waals surface area (Å²) in [6.45, 7) is 2.11. The highest BCUT2D eigenvalue weighted by Crippen LogP contribution is 2.11. The fourth-order valence-corrected chi connectivity index (χ4v) is 1.08. The van der Waals surface area contributed by atoms with Crippen LogP contribution < -0.4 is 5.32 Å². The average Bonchev–Trinajstić information content (AvgIpc) is 1.98. The SMILES string of the molecule is CNC1=C(/C)CC/C=C/C=N\1. The van der Waals surface area contributed by atoms with Crippen LogP contribution in [-0.4, -0.2) is 13.3 Å². The number of hydrogen-bond donors (Lipinski definition) is 1. The molecule has 11 heavy (non-hydrogen) atoms. The van der Waals surface area contributed by atoms with Crippen LogP contribution in [-0.2, 0) is 0 Å². The van der Waals surface area contributed by atoms with E-state index in [1.165, 1.54) is 5.57 Å². The van der Waals surface area contributed by atoms with Gasteiger partial charge in [-0.1, -0.05) is 6.08 Å². The first-order valence-corrected chi connectivity index (χ1v) is 3.91. The fourth-order valence-electron chi connectivity index (χ4n) is 1.08. The van der Waals surface area contributed by atoms with Crippen molar-refractivity contribution in [3.63, 3.8) is 0 Å². The highest BCUT2D eigenvalue weighted by Gasteiger charge is 1.97. The predicted molar refractivity (Wildman–Crippen MR) is 48.6 cm³/mol. The number of rotatable bonds is 1. The van der Waals surface area contributed by atoms with Gasteiger partial charge in [0, 0.05) is 13.3 Å². The summed E-state index contributed by atoms with van der Waals surface area (Å²) in [7, 11) is 1.90. The minimum atomic E-state index is 1.01. The van der Waals surface area contributed by atoms with Crippen molar-refractivity contribution in [3.8, 4) is 0 Å². The van der Waals surface area contributed by atoms with Crippen molar-refractivity contribution in [2.45, 2.75) is 19.8 Å². The van der Waals surface area contributed by atoms with Crippen molar-refractivity contribution in [2.75, 3.05) is 7.05 Å². The molecule has 1 N–H and O–H groups in total. The van der Waals surface area contributed by atoms with E-state index in [0.29, 0.717) is 0 Å². The Morgan fingerprint density at radius 1 is 1.55 bits per heavy atom. The minimum absolute atomic E-state index is 1.01. The number of hydrogen-bond acceptors (Lipinski definition) is 2. The zero-order valence-electron chi connectivity index (χ0n) is 7.09. The second kappa shape index (κ2) is 3.96. The Morgan fingerprint density at radius 2 is 2.36 bits per heavy atom. The molecule has 0 amide bonds. The van der Waals surface area contributed by atoms with Gasteiger partial charge in [-0.15, -0.1) is 0 Å². The van der Waals surface area contributed by atoms with E-state index in [1.807, 2.05) is 19.3 Å². The second-order valence-corrected chi connectivity index (χ2v) is 2.62. The van der Waals surface area contributed by atoms with Gasteiger partial charge in [0.15, 0.2) is 0 Å². The van der Waals surface area contributed by atoms with Gasteiger partial charge in [0.1, 0.15) is 5.82 Å². The molecule has 0 atom stereocenters. The van der Waals surface area contributed by atoms with E-state index in [1.54, 1.807) is 0 Å². The Kier molecular flexibility index (Phi) is 2.90. The van der Waals surface area contributed by atoms with Gasteiger partial charge in [-0.2, -0.15) is 0 Å². The lowest BCUT2D eigenvalue weighted by Gasteiger charge is -2.06. The molecule has 60 valence electrons. The molecule has 2 heteroatoms. The summed E-state index contributed by atoms with van der Waals surface area (Å²) in [4.78, 5) is 4.24. The van der Waals surface area contributed by atoms with Crippen LogP contribution in [0.2, 0.25) is 0 Å². The molecule has 0 aromatic heterocycles. The van der Waals surface area contributed by atoms with E-state index in [9.17, 15) is 0 Å². The van der Waals surface area contributed by atoms with E-state index < -0.39 is 0 Å². The monoisotopic (exact) mass is 150 g/mol. The second-order valence-electron chi connectivity index (χ2n) is 2.62. The Bertz CT molecular complexity index is 212. The largest absolute Gasteiger partial charge is 0.373 e. The Labute approximate surface area is 67.7 Å². The van der Waals surface area contributed by atoms with Crippen LogP contribution in [0.15, 0.2) is 28.5 Å². The molecular formula is C9H14N2. The summed E-state index contributed by atoms with van der Waals surface area (Å²) >= 11 is 0. The van der Waals surface area contributed by atoms with Crippen LogP contribution in [0.5, 0.6) is 0 Å². The molecule has 0 radical (unpaired) electrons. The maximum Gasteiger partial charge on any atom is 0.124 e. The van der Waals surface area contributed by atoms with Crippen molar-refractivity contribution in [1.29, 1.82) is 0 Å². The number of allylic oxidation sites excluding steroid dienone is 3. The van der Waals surface area contributed by atoms with Crippen LogP contribution in [0.3, 0.4) is 0 Å². The van der Waals surface area contributed by atoms with Crippen molar-refractivity contribution >= 4 is 6.21 Å². The third kappa shape index (κ3) is 2.22. The molecular weight excluding hydrogens is 136 g/mol. The fraction of sp³-hybridized carbons (Fsp3) is 0.444. The van der Waals surface area contributed by atoms with E-state index >= 15 is 0 Å². The summed E-state index contributed by atoms with van der Waals surface area (Å²) in [5, 5.41) is 3.07. The molecule has 1 aliphatic rings. The quantitative estimate of drug-likeness (QED) is 0.606. The molecule has 0 fully saturated rings. The van der Waals surface area contributed by atoms with Gasteiger partial charge in [0.2, 0.25) is 0 Å². The predicted octanol–water partition coefficient (Wildman–Crippen LogP) is 1.86. The first-order chi connectivity index (χ1) is 5.34. The van der Waals surface area contributed by atoms with Crippen molar-refractivity contribution < 1.29 is 0 Å². The van der Waals surface area contributed by atoms with Gasteiger partial charge in [0.05, 0.1) is 0 Å². The molecule has 1 aliphatic heterocycles. The third-order valence-corrected chi connectivity index (χ3v) is 1.75. The molecule has 0 aromatic carbocycles. The number of nitrogens with one attached hydrogen (secondary N) is 1. The Balaban J connectivity index is 2.80. The third-order valence-electron chi connectivity index (χ3n) is 1.75. The lowest BCUT2D eigenvalue weighted by atomic mass is 10.1. The summed E-state index contributed by atoms with van der Waals surface area (Å²) in [5.41, 5.74) is 1.33. The highest BCUT2D eigenvalue weighted by atomic mass is 15.0. The molecule has 1 rings (SSSR count). The van der Waals surface area contributed by atoms with Crippen LogP contribution in [0.4, 0.5) is 0 Å². The molecule has 0 spiro atoms. The highest BCUT2D eigenvalue weighted by molar-refractivity contribution is 5.72. The molecule has 0 saturated heterocycles. The Morgan fingerprint density at radius 3 is 3.09 bits per heavy atom. The van der Waals surface area contributed by atoms with Crippen LogP contribution in [0.25, 0.3) is 0 Å². The lowest BCUT2D eigenvalue weighted by molar-refractivity contribution is 0.870. The summed E-state index contributed by atoms with van der Waals surface area (Å²) in [5.74, 6) is 1.01. The van der Waals surface area contributed by atoms with E-state index in [4.69, 9.17) is 0 Å². The van der Waals surface area contributed by atoms with Crippen LogP contribution >= 0.6 is 0 Å². The van der Waals surface area contributed by atoms with Gasteiger partial charge >= 0.3 is 0 Å². The standard InChI is InChI=1S/C9H14N2/c1-8-6-4-3-5-7-11-9(8)10-2/h3,5,7,10H,4,6H2,1-2H3/b5-3+,9-8+,11-7-. The lowest BCUT2D eigenvalue weighted by Crippen LogP contribution is -2.06. The van der Waals surface area contributed by atoms with E-state index in [-0.39, 0.29) is 0 Å². The summed E-state index contributed by atoms with van der Waals surface area (Å²) in [6, 6.07) is 0. The first kappa shape index (κ1) is 8.05. The zero-order chi connectivity index (χ0) is 8.10. The van der Waals surface area contributed by atoms with Crippen LogP contribution in [0.1, 0.15) is 19.8 Å².